The molecule has 0 spiro atoms. The van der Waals surface area contributed by atoms with Crippen molar-refractivity contribution in [3.63, 3.8) is 0 Å². The van der Waals surface area contributed by atoms with Crippen LogP contribution >= 0.6 is 0 Å². The number of rotatable bonds is 5. The summed E-state index contributed by atoms with van der Waals surface area (Å²) in [5, 5.41) is 43.5. The van der Waals surface area contributed by atoms with Gasteiger partial charge in [0.1, 0.15) is 24.4 Å². The lowest BCUT2D eigenvalue weighted by atomic mass is 10.0. The summed E-state index contributed by atoms with van der Waals surface area (Å²) < 4.78 is 0. The second-order valence-corrected chi connectivity index (χ2v) is 2.36. The fourth-order valence-electron chi connectivity index (χ4n) is 0.618. The Morgan fingerprint density at radius 2 is 1.54 bits per heavy atom. The molecule has 80 valence electrons. The molecule has 0 aliphatic heterocycles. The first-order valence-electron chi connectivity index (χ1n) is 3.33. The van der Waals surface area contributed by atoms with Gasteiger partial charge in [-0.05, 0) is 0 Å². The Kier molecular flexibility index (Phi) is 7.92. The normalized spacial score (nSPS) is 19.5. The van der Waals surface area contributed by atoms with E-state index in [1.165, 1.54) is 0 Å². The average Bonchev–Trinajstić information content (AvgIpc) is 2.12. The van der Waals surface area contributed by atoms with Crippen LogP contribution in [0.15, 0.2) is 0 Å². The molecule has 7 nitrogen and oxygen atoms in total. The largest absolute Gasteiger partial charge is 0.412 e. The van der Waals surface area contributed by atoms with Gasteiger partial charge in [0.25, 0.3) is 0 Å². The zero-order valence-corrected chi connectivity index (χ0v) is 6.74. The molecule has 0 rings (SSSR count). The van der Waals surface area contributed by atoms with Crippen LogP contribution in [-0.4, -0.2) is 68.3 Å². The Morgan fingerprint density at radius 1 is 1.08 bits per heavy atom. The van der Waals surface area contributed by atoms with Gasteiger partial charge in [-0.3, -0.25) is 0 Å². The molecule has 0 aliphatic rings. The van der Waals surface area contributed by atoms with Crippen LogP contribution in [0, 0.1) is 0 Å². The predicted octanol–water partition coefficient (Wildman–Crippen LogP) is -4.20. The topological polar surface area (TPSA) is 150 Å². The van der Waals surface area contributed by atoms with Crippen LogP contribution in [0.2, 0.25) is 0 Å². The van der Waals surface area contributed by atoms with Crippen molar-refractivity contribution in [2.24, 2.45) is 0 Å². The summed E-state index contributed by atoms with van der Waals surface area (Å²) in [6.07, 6.45) is -6.84. The minimum absolute atomic E-state index is 0. The second kappa shape index (κ2) is 6.89. The minimum atomic E-state index is -1.79. The van der Waals surface area contributed by atoms with Gasteiger partial charge in [-0.15, -0.1) is 0 Å². The van der Waals surface area contributed by atoms with Gasteiger partial charge in [0.15, 0.2) is 6.29 Å². The van der Waals surface area contributed by atoms with Crippen molar-refractivity contribution >= 4 is 6.29 Å². The fraction of sp³-hybridized carbons (Fsp3) is 0.833. The zero-order chi connectivity index (χ0) is 9.72. The smallest absolute Gasteiger partial charge is 0.151 e. The molecule has 0 aliphatic carbocycles. The van der Waals surface area contributed by atoms with E-state index in [4.69, 9.17) is 25.5 Å². The number of aliphatic hydroxyl groups is 5. The van der Waals surface area contributed by atoms with Crippen molar-refractivity contribution < 1.29 is 35.8 Å². The Bertz CT molecular complexity index is 139. The van der Waals surface area contributed by atoms with Crippen LogP contribution in [0.25, 0.3) is 0 Å². The first kappa shape index (κ1) is 14.9. The number of carbonyl (C=O) groups is 1. The highest BCUT2D eigenvalue weighted by Crippen LogP contribution is 2.02. The molecule has 13 heavy (non-hydrogen) atoms. The number of hydrogen-bond donors (Lipinski definition) is 5. The molecule has 0 saturated heterocycles. The van der Waals surface area contributed by atoms with Crippen molar-refractivity contribution in [3.05, 3.63) is 0 Å². The van der Waals surface area contributed by atoms with E-state index < -0.39 is 31.0 Å². The van der Waals surface area contributed by atoms with Crippen LogP contribution in [0.1, 0.15) is 0 Å². The van der Waals surface area contributed by atoms with Gasteiger partial charge in [0, 0.05) is 0 Å². The van der Waals surface area contributed by atoms with Gasteiger partial charge in [-0.2, -0.15) is 0 Å². The highest BCUT2D eigenvalue weighted by Gasteiger charge is 2.29. The highest BCUT2D eigenvalue weighted by atomic mass is 16.4. The summed E-state index contributed by atoms with van der Waals surface area (Å²) in [6.45, 7) is -0.760. The molecule has 0 aromatic heterocycles. The second-order valence-electron chi connectivity index (χ2n) is 2.36. The first-order valence-corrected chi connectivity index (χ1v) is 3.33. The average molecular weight is 198 g/mol. The molecule has 0 radical (unpaired) electrons. The molecule has 0 aromatic rings. The summed E-state index contributed by atoms with van der Waals surface area (Å²) >= 11 is 0. The molecule has 0 bridgehead atoms. The van der Waals surface area contributed by atoms with Crippen molar-refractivity contribution in [1.82, 2.24) is 0 Å². The summed E-state index contributed by atoms with van der Waals surface area (Å²) in [6, 6.07) is 0. The number of aldehydes is 1. The molecule has 0 amide bonds. The Hall–Kier alpha value is -0.570. The summed E-state index contributed by atoms with van der Waals surface area (Å²) in [4.78, 5) is 9.90. The Balaban J connectivity index is 0. The molecule has 0 fully saturated rings. The maximum Gasteiger partial charge on any atom is 0.151 e. The van der Waals surface area contributed by atoms with Gasteiger partial charge >= 0.3 is 0 Å². The van der Waals surface area contributed by atoms with E-state index in [2.05, 4.69) is 0 Å². The molecule has 0 aromatic carbocycles. The van der Waals surface area contributed by atoms with E-state index in [-0.39, 0.29) is 11.8 Å². The third-order valence-corrected chi connectivity index (χ3v) is 1.42. The molecule has 0 heterocycles. The first-order chi connectivity index (χ1) is 5.54. The SMILES string of the molecule is O.O=C[C@H](O)[C@H](O)[C@@H](O)[C@@H](O)CO. The van der Waals surface area contributed by atoms with Gasteiger partial charge in [0.2, 0.25) is 0 Å². The predicted molar refractivity (Wildman–Crippen MR) is 40.8 cm³/mol. The summed E-state index contributed by atoms with van der Waals surface area (Å²) in [5.74, 6) is 0. The Morgan fingerprint density at radius 3 is 1.85 bits per heavy atom. The van der Waals surface area contributed by atoms with Crippen LogP contribution < -0.4 is 0 Å². The zero-order valence-electron chi connectivity index (χ0n) is 6.74. The van der Waals surface area contributed by atoms with Crippen molar-refractivity contribution in [2.75, 3.05) is 6.61 Å². The maximum absolute atomic E-state index is 9.90. The third-order valence-electron chi connectivity index (χ3n) is 1.42. The van der Waals surface area contributed by atoms with Crippen LogP contribution in [-0.2, 0) is 4.79 Å². The lowest BCUT2D eigenvalue weighted by Crippen LogP contribution is -2.46. The van der Waals surface area contributed by atoms with E-state index in [1.807, 2.05) is 0 Å². The third kappa shape index (κ3) is 4.27. The monoisotopic (exact) mass is 198 g/mol. The standard InChI is InChI=1S/C6H12O6.H2O/c7-1-3(9)5(11)6(12)4(10)2-8;/h1,3-6,8-12H,2H2;1H2/t3-,4-,5-,6-;/m0./s1. The number of carbonyl (C=O) groups excluding carboxylic acids is 1. The Labute approximate surface area is 74.2 Å². The number of hydrogen-bond acceptors (Lipinski definition) is 6. The molecule has 7 heteroatoms. The van der Waals surface area contributed by atoms with Crippen LogP contribution in [0.3, 0.4) is 0 Å². The van der Waals surface area contributed by atoms with Gasteiger partial charge in [0.05, 0.1) is 6.61 Å². The van der Waals surface area contributed by atoms with Gasteiger partial charge in [-0.25, -0.2) is 0 Å². The lowest BCUT2D eigenvalue weighted by Gasteiger charge is -2.22. The van der Waals surface area contributed by atoms with Gasteiger partial charge in [-0.1, -0.05) is 0 Å². The molecule has 0 unspecified atom stereocenters. The van der Waals surface area contributed by atoms with Crippen molar-refractivity contribution in [3.8, 4) is 0 Å². The molecular formula is C6H14O7. The van der Waals surface area contributed by atoms with E-state index in [9.17, 15) is 4.79 Å². The maximum atomic E-state index is 9.90. The minimum Gasteiger partial charge on any atom is -0.412 e. The summed E-state index contributed by atoms with van der Waals surface area (Å²) in [7, 11) is 0. The lowest BCUT2D eigenvalue weighted by molar-refractivity contribution is -0.136. The quantitative estimate of drug-likeness (QED) is 0.283. The van der Waals surface area contributed by atoms with Crippen LogP contribution in [0.5, 0.6) is 0 Å². The van der Waals surface area contributed by atoms with E-state index >= 15 is 0 Å². The number of aliphatic hydroxyl groups excluding tert-OH is 5. The van der Waals surface area contributed by atoms with E-state index in [0.29, 0.717) is 0 Å². The van der Waals surface area contributed by atoms with Gasteiger partial charge < -0.3 is 35.8 Å². The molecule has 0 saturated carbocycles. The fourth-order valence-corrected chi connectivity index (χ4v) is 0.618. The highest BCUT2D eigenvalue weighted by molar-refractivity contribution is 5.56. The molecular weight excluding hydrogens is 184 g/mol. The van der Waals surface area contributed by atoms with E-state index in [0.717, 1.165) is 0 Å². The van der Waals surface area contributed by atoms with E-state index in [1.54, 1.807) is 0 Å². The van der Waals surface area contributed by atoms with Crippen LogP contribution in [0.4, 0.5) is 0 Å². The van der Waals surface area contributed by atoms with Crippen molar-refractivity contribution in [2.45, 2.75) is 24.4 Å². The molecule has 7 N–H and O–H groups in total. The summed E-state index contributed by atoms with van der Waals surface area (Å²) in [5.41, 5.74) is 0. The van der Waals surface area contributed by atoms with Crippen molar-refractivity contribution in [1.29, 1.82) is 0 Å². The molecule has 4 atom stereocenters.